The van der Waals surface area contributed by atoms with E-state index in [-0.39, 0.29) is 6.09 Å². The minimum absolute atomic E-state index is 0.203. The van der Waals surface area contributed by atoms with Crippen molar-refractivity contribution in [2.45, 2.75) is 58.5 Å². The summed E-state index contributed by atoms with van der Waals surface area (Å²) in [5.74, 6) is 0.487. The molecule has 0 bridgehead atoms. The van der Waals surface area contributed by atoms with Gasteiger partial charge in [0.25, 0.3) is 0 Å². The predicted octanol–water partition coefficient (Wildman–Crippen LogP) is 4.36. The highest BCUT2D eigenvalue weighted by molar-refractivity contribution is 5.68. The predicted molar refractivity (Wildman–Crippen MR) is 85.6 cm³/mol. The zero-order valence-corrected chi connectivity index (χ0v) is 13.4. The number of ether oxygens (including phenoxy) is 1. The second-order valence-electron chi connectivity index (χ2n) is 6.69. The molecule has 1 saturated heterocycles. The van der Waals surface area contributed by atoms with Crippen LogP contribution >= 0.6 is 0 Å². The van der Waals surface area contributed by atoms with Gasteiger partial charge in [-0.05, 0) is 57.1 Å². The monoisotopic (exact) mass is 291 g/mol. The first-order valence-electron chi connectivity index (χ1n) is 8.46. The average Bonchev–Trinajstić information content (AvgIpc) is 2.47. The van der Waals surface area contributed by atoms with E-state index in [2.05, 4.69) is 18.2 Å². The number of carbonyl (C=O) groups excluding carboxylic acids is 1. The number of hydrogen-bond acceptors (Lipinski definition) is 2. The Morgan fingerprint density at radius 3 is 2.62 bits per heavy atom. The van der Waals surface area contributed by atoms with Crippen molar-refractivity contribution in [1.82, 2.24) is 4.90 Å². The minimum Gasteiger partial charge on any atom is -0.444 e. The van der Waals surface area contributed by atoms with Gasteiger partial charge < -0.3 is 9.64 Å². The van der Waals surface area contributed by atoms with Gasteiger partial charge in [0.15, 0.2) is 0 Å². The molecule has 3 heteroatoms. The first-order valence-corrected chi connectivity index (χ1v) is 7.75. The van der Waals surface area contributed by atoms with Crippen molar-refractivity contribution >= 4 is 6.09 Å². The van der Waals surface area contributed by atoms with Gasteiger partial charge >= 0.3 is 6.09 Å². The van der Waals surface area contributed by atoms with Crippen molar-refractivity contribution in [3.63, 3.8) is 0 Å². The first-order chi connectivity index (χ1) is 10.4. The Balaban J connectivity index is 1.96. The van der Waals surface area contributed by atoms with E-state index >= 15 is 0 Å². The van der Waals surface area contributed by atoms with Crippen LogP contribution < -0.4 is 0 Å². The molecule has 1 amide bonds. The number of aryl methyl sites for hydroxylation is 1. The molecule has 1 fully saturated rings. The normalized spacial score (nSPS) is 17.5. The average molecular weight is 291 g/mol. The molecule has 1 aromatic rings. The van der Waals surface area contributed by atoms with Crippen molar-refractivity contribution in [2.24, 2.45) is 0 Å². The molecule has 0 spiro atoms. The van der Waals surface area contributed by atoms with Crippen molar-refractivity contribution in [3.05, 3.63) is 35.4 Å². The van der Waals surface area contributed by atoms with Gasteiger partial charge in [0.05, 0.1) is 0 Å². The molecular formula is C18H27NO2. The Morgan fingerprint density at radius 2 is 2.00 bits per heavy atom. The summed E-state index contributed by atoms with van der Waals surface area (Å²) in [5.41, 5.74) is 2.21. The maximum atomic E-state index is 12.1. The van der Waals surface area contributed by atoms with Crippen LogP contribution in [0.25, 0.3) is 0 Å². The van der Waals surface area contributed by atoms with Gasteiger partial charge in [-0.1, -0.05) is 31.2 Å². The third-order valence-electron chi connectivity index (χ3n) is 3.91. The fourth-order valence-electron chi connectivity index (χ4n) is 2.86. The Hall–Kier alpha value is -1.51. The molecule has 2 rings (SSSR count). The molecule has 0 radical (unpaired) electrons. The number of piperidine rings is 1. The summed E-state index contributed by atoms with van der Waals surface area (Å²) in [6.45, 7) is 7.61. The maximum Gasteiger partial charge on any atom is 0.410 e. The SMILES string of the molecule is [3H]CCc1ccccc1C1CCN(C(=O)OC(C)(C)C)CC1. The molecule has 3 nitrogen and oxygen atoms in total. The number of amides is 1. The van der Waals surface area contributed by atoms with Crippen LogP contribution in [0.5, 0.6) is 0 Å². The lowest BCUT2D eigenvalue weighted by atomic mass is 9.86. The lowest BCUT2D eigenvalue weighted by Gasteiger charge is -2.34. The van der Waals surface area contributed by atoms with Crippen molar-refractivity contribution in [3.8, 4) is 0 Å². The zero-order chi connectivity index (χ0) is 16.2. The number of carbonyl (C=O) groups is 1. The van der Waals surface area contributed by atoms with Gasteiger partial charge in [0.1, 0.15) is 5.60 Å². The van der Waals surface area contributed by atoms with Crippen molar-refractivity contribution < 1.29 is 10.9 Å². The van der Waals surface area contributed by atoms with Gasteiger partial charge in [-0.15, -0.1) is 0 Å². The van der Waals surface area contributed by atoms with Crippen LogP contribution in [0.4, 0.5) is 4.79 Å². The lowest BCUT2D eigenvalue weighted by molar-refractivity contribution is 0.0204. The van der Waals surface area contributed by atoms with Gasteiger partial charge in [0.2, 0.25) is 0 Å². The summed E-state index contributed by atoms with van der Waals surface area (Å²) >= 11 is 0. The van der Waals surface area contributed by atoms with E-state index in [9.17, 15) is 4.79 Å². The van der Waals surface area contributed by atoms with Gasteiger partial charge in [-0.2, -0.15) is 0 Å². The number of benzene rings is 1. The third kappa shape index (κ3) is 4.23. The molecule has 116 valence electrons. The Morgan fingerprint density at radius 1 is 1.33 bits per heavy atom. The summed E-state index contributed by atoms with van der Waals surface area (Å²) < 4.78 is 12.9. The van der Waals surface area contributed by atoms with Crippen LogP contribution in [0.15, 0.2) is 24.3 Å². The smallest absolute Gasteiger partial charge is 0.410 e. The summed E-state index contributed by atoms with van der Waals surface area (Å²) in [7, 11) is 0. The van der Waals surface area contributed by atoms with Crippen LogP contribution in [0.1, 0.15) is 58.9 Å². The highest BCUT2D eigenvalue weighted by Gasteiger charge is 2.27. The minimum atomic E-state index is -0.436. The topological polar surface area (TPSA) is 29.5 Å². The van der Waals surface area contributed by atoms with E-state index in [1.807, 2.05) is 31.7 Å². The lowest BCUT2D eigenvalue weighted by Crippen LogP contribution is -2.41. The molecule has 0 aromatic heterocycles. The van der Waals surface area contributed by atoms with Crippen LogP contribution in [0.3, 0.4) is 0 Å². The third-order valence-corrected chi connectivity index (χ3v) is 3.91. The van der Waals surface area contributed by atoms with Crippen molar-refractivity contribution in [2.75, 3.05) is 13.1 Å². The van der Waals surface area contributed by atoms with Crippen LogP contribution in [0, 0.1) is 0 Å². The highest BCUT2D eigenvalue weighted by atomic mass is 16.6. The van der Waals surface area contributed by atoms with E-state index in [1.54, 1.807) is 0 Å². The molecule has 0 N–H and O–H groups in total. The fraction of sp³-hybridized carbons (Fsp3) is 0.611. The fourth-order valence-corrected chi connectivity index (χ4v) is 2.86. The molecule has 1 aliphatic rings. The van der Waals surface area contributed by atoms with E-state index in [0.717, 1.165) is 32.4 Å². The Bertz CT molecular complexity index is 502. The number of nitrogens with zero attached hydrogens (tertiary/aromatic N) is 1. The zero-order valence-electron chi connectivity index (χ0n) is 14.4. The van der Waals surface area contributed by atoms with Crippen molar-refractivity contribution in [1.29, 1.82) is 0 Å². The van der Waals surface area contributed by atoms with Crippen LogP contribution in [-0.4, -0.2) is 29.7 Å². The molecule has 0 atom stereocenters. The Kier molecular flexibility index (Phi) is 4.47. The summed E-state index contributed by atoms with van der Waals surface area (Å²) in [6, 6.07) is 8.43. The van der Waals surface area contributed by atoms with Gasteiger partial charge in [-0.25, -0.2) is 4.79 Å². The van der Waals surface area contributed by atoms with Gasteiger partial charge in [0, 0.05) is 14.5 Å². The summed E-state index contributed by atoms with van der Waals surface area (Å²) in [4.78, 5) is 13.9. The molecule has 0 unspecified atom stereocenters. The van der Waals surface area contributed by atoms with Crippen LogP contribution in [0.2, 0.25) is 0 Å². The number of likely N-dealkylation sites (tertiary alicyclic amines) is 1. The first kappa shape index (κ1) is 14.4. The van der Waals surface area contributed by atoms with E-state index in [1.165, 1.54) is 11.1 Å². The largest absolute Gasteiger partial charge is 0.444 e. The van der Waals surface area contributed by atoms with Gasteiger partial charge in [-0.3, -0.25) is 0 Å². The molecular weight excluding hydrogens is 262 g/mol. The molecule has 1 aromatic carbocycles. The summed E-state index contributed by atoms with van der Waals surface area (Å²) in [5, 5.41) is 0. The molecule has 1 heterocycles. The second-order valence-corrected chi connectivity index (χ2v) is 6.69. The maximum absolute atomic E-state index is 12.1. The second kappa shape index (κ2) is 6.50. The quantitative estimate of drug-likeness (QED) is 0.810. The van der Waals surface area contributed by atoms with E-state index < -0.39 is 5.60 Å². The number of hydrogen-bond donors (Lipinski definition) is 0. The van der Waals surface area contributed by atoms with E-state index in [0.29, 0.717) is 12.8 Å². The Labute approximate surface area is 129 Å². The molecule has 1 aliphatic heterocycles. The van der Waals surface area contributed by atoms with E-state index in [4.69, 9.17) is 6.11 Å². The standard InChI is InChI=1S/C18H27NO2/c1-5-14-8-6-7-9-16(14)15-10-12-19(13-11-15)17(20)21-18(2,3)4/h6-9,15H,5,10-13H2,1-4H3/i1T. The highest BCUT2D eigenvalue weighted by Crippen LogP contribution is 2.31. The molecule has 21 heavy (non-hydrogen) atoms. The number of rotatable bonds is 2. The summed E-state index contributed by atoms with van der Waals surface area (Å²) in [6.07, 6.45) is 2.54. The molecule has 0 saturated carbocycles. The molecule has 0 aliphatic carbocycles. The van der Waals surface area contributed by atoms with Crippen LogP contribution in [-0.2, 0) is 11.2 Å².